The summed E-state index contributed by atoms with van der Waals surface area (Å²) in [6, 6.07) is 3.63. The van der Waals surface area contributed by atoms with Crippen molar-refractivity contribution in [1.82, 2.24) is 9.97 Å². The predicted octanol–water partition coefficient (Wildman–Crippen LogP) is 1.51. The summed E-state index contributed by atoms with van der Waals surface area (Å²) < 4.78 is 5.01. The van der Waals surface area contributed by atoms with Crippen LogP contribution in [0.25, 0.3) is 11.2 Å². The first kappa shape index (κ1) is 5.73. The Hall–Kier alpha value is -1.03. The van der Waals surface area contributed by atoms with E-state index in [2.05, 4.69) is 22.6 Å². The smallest absolute Gasteiger partial charge is 0.255 e. The van der Waals surface area contributed by atoms with Crippen molar-refractivity contribution in [3.63, 3.8) is 0 Å². The number of pyridine rings is 1. The second kappa shape index (κ2) is 1.98. The zero-order chi connectivity index (χ0) is 6.97. The molecule has 0 saturated carbocycles. The lowest BCUT2D eigenvalue weighted by atomic mass is 10.5. The second-order valence-electron chi connectivity index (χ2n) is 1.82. The molecule has 2 heterocycles. The molecule has 0 radical (unpaired) electrons. The van der Waals surface area contributed by atoms with Crippen molar-refractivity contribution >= 4 is 23.9 Å². The topological polar surface area (TPSA) is 38.9 Å². The van der Waals surface area contributed by atoms with Gasteiger partial charge in [-0.3, -0.25) is 0 Å². The Labute approximate surface area is 62.5 Å². The van der Waals surface area contributed by atoms with Crippen molar-refractivity contribution in [3.8, 4) is 0 Å². The third-order valence-electron chi connectivity index (χ3n) is 1.16. The highest BCUT2D eigenvalue weighted by atomic mass is 32.1. The summed E-state index contributed by atoms with van der Waals surface area (Å²) in [5.41, 5.74) is 1.28. The zero-order valence-corrected chi connectivity index (χ0v) is 5.88. The molecule has 2 aromatic rings. The SMILES string of the molecule is Sc1nc2cccnc2o1. The lowest BCUT2D eigenvalue weighted by Crippen LogP contribution is -1.69. The van der Waals surface area contributed by atoms with E-state index in [0.717, 1.165) is 5.52 Å². The lowest BCUT2D eigenvalue weighted by Gasteiger charge is -1.78. The van der Waals surface area contributed by atoms with E-state index in [4.69, 9.17) is 4.42 Å². The molecule has 4 heteroatoms. The Kier molecular flexibility index (Phi) is 1.14. The Morgan fingerprint density at radius 3 is 3.20 bits per heavy atom. The van der Waals surface area contributed by atoms with E-state index in [-0.39, 0.29) is 0 Å². The molecule has 2 rings (SSSR count). The van der Waals surface area contributed by atoms with E-state index in [0.29, 0.717) is 10.9 Å². The minimum Gasteiger partial charge on any atom is -0.413 e. The van der Waals surface area contributed by atoms with Gasteiger partial charge in [-0.15, -0.1) is 0 Å². The second-order valence-corrected chi connectivity index (χ2v) is 2.21. The van der Waals surface area contributed by atoms with Gasteiger partial charge in [0.15, 0.2) is 0 Å². The van der Waals surface area contributed by atoms with Crippen LogP contribution in [0.1, 0.15) is 0 Å². The maximum Gasteiger partial charge on any atom is 0.255 e. The van der Waals surface area contributed by atoms with Crippen LogP contribution in [-0.2, 0) is 0 Å². The fourth-order valence-corrected chi connectivity index (χ4v) is 0.953. The largest absolute Gasteiger partial charge is 0.413 e. The van der Waals surface area contributed by atoms with Gasteiger partial charge in [0.1, 0.15) is 5.52 Å². The number of hydrogen-bond donors (Lipinski definition) is 1. The number of rotatable bonds is 0. The third kappa shape index (κ3) is 0.769. The van der Waals surface area contributed by atoms with Gasteiger partial charge in [0, 0.05) is 6.20 Å². The molecule has 0 atom stereocenters. The van der Waals surface area contributed by atoms with Gasteiger partial charge in [-0.2, -0.15) is 0 Å². The summed E-state index contributed by atoms with van der Waals surface area (Å²) in [7, 11) is 0. The maximum atomic E-state index is 5.01. The van der Waals surface area contributed by atoms with Crippen molar-refractivity contribution in [2.75, 3.05) is 0 Å². The van der Waals surface area contributed by atoms with Gasteiger partial charge < -0.3 is 4.42 Å². The number of oxazole rings is 1. The predicted molar refractivity (Wildman–Crippen MR) is 39.1 cm³/mol. The lowest BCUT2D eigenvalue weighted by molar-refractivity contribution is 0.484. The highest BCUT2D eigenvalue weighted by molar-refractivity contribution is 7.80. The first-order valence-electron chi connectivity index (χ1n) is 2.77. The molecule has 0 unspecified atom stereocenters. The van der Waals surface area contributed by atoms with Gasteiger partial charge in [-0.25, -0.2) is 9.97 Å². The third-order valence-corrected chi connectivity index (χ3v) is 1.35. The van der Waals surface area contributed by atoms with Crippen LogP contribution in [0.3, 0.4) is 0 Å². The number of fused-ring (bicyclic) bond motifs is 1. The standard InChI is InChI=1S/C6H4N2OS/c10-6-8-4-2-1-3-7-5(4)9-6/h1-3H,(H,8,10). The molecular formula is C6H4N2OS. The average Bonchev–Trinajstić information content (AvgIpc) is 2.27. The molecule has 0 aliphatic rings. The van der Waals surface area contributed by atoms with Gasteiger partial charge in [-0.05, 0) is 12.1 Å². The van der Waals surface area contributed by atoms with Crippen molar-refractivity contribution in [2.45, 2.75) is 5.22 Å². The van der Waals surface area contributed by atoms with Crippen LogP contribution >= 0.6 is 12.6 Å². The van der Waals surface area contributed by atoms with Crippen molar-refractivity contribution < 1.29 is 4.42 Å². The Bertz CT molecular complexity index is 324. The van der Waals surface area contributed by atoms with Gasteiger partial charge in [0.2, 0.25) is 5.71 Å². The minimum absolute atomic E-state index is 0.355. The summed E-state index contributed by atoms with van der Waals surface area (Å²) in [5.74, 6) is 0. The molecule has 3 nitrogen and oxygen atoms in total. The molecule has 10 heavy (non-hydrogen) atoms. The molecule has 50 valence electrons. The molecule has 2 aromatic heterocycles. The van der Waals surface area contributed by atoms with Crippen molar-refractivity contribution in [2.24, 2.45) is 0 Å². The molecule has 0 aliphatic carbocycles. The zero-order valence-electron chi connectivity index (χ0n) is 4.98. The van der Waals surface area contributed by atoms with Gasteiger partial charge >= 0.3 is 0 Å². The Morgan fingerprint density at radius 1 is 1.50 bits per heavy atom. The Balaban J connectivity index is 2.88. The quantitative estimate of drug-likeness (QED) is 0.581. The van der Waals surface area contributed by atoms with E-state index < -0.39 is 0 Å². The van der Waals surface area contributed by atoms with Crippen LogP contribution in [0.4, 0.5) is 0 Å². The van der Waals surface area contributed by atoms with Crippen LogP contribution in [0, 0.1) is 0 Å². The fourth-order valence-electron chi connectivity index (χ4n) is 0.758. The van der Waals surface area contributed by atoms with Crippen LogP contribution in [0.15, 0.2) is 28.0 Å². The molecule has 0 aromatic carbocycles. The average molecular weight is 152 g/mol. The van der Waals surface area contributed by atoms with Crippen LogP contribution in [0.2, 0.25) is 0 Å². The molecule has 0 aliphatic heterocycles. The van der Waals surface area contributed by atoms with Crippen LogP contribution < -0.4 is 0 Å². The van der Waals surface area contributed by atoms with Crippen molar-refractivity contribution in [3.05, 3.63) is 18.3 Å². The number of nitrogens with zero attached hydrogens (tertiary/aromatic N) is 2. The van der Waals surface area contributed by atoms with E-state index in [1.807, 2.05) is 6.07 Å². The number of aromatic nitrogens is 2. The first-order chi connectivity index (χ1) is 4.86. The molecule has 0 saturated heterocycles. The summed E-state index contributed by atoms with van der Waals surface area (Å²) in [4.78, 5) is 7.87. The normalized spacial score (nSPS) is 10.5. The summed E-state index contributed by atoms with van der Waals surface area (Å²) in [5, 5.41) is 0.355. The number of thiol groups is 1. The summed E-state index contributed by atoms with van der Waals surface area (Å²) in [6.45, 7) is 0. The van der Waals surface area contributed by atoms with E-state index >= 15 is 0 Å². The maximum absolute atomic E-state index is 5.01. The van der Waals surface area contributed by atoms with Gasteiger partial charge in [-0.1, -0.05) is 12.6 Å². The highest BCUT2D eigenvalue weighted by Crippen LogP contribution is 2.13. The fraction of sp³-hybridized carbons (Fsp3) is 0. The molecule has 0 N–H and O–H groups in total. The monoisotopic (exact) mass is 152 g/mol. The van der Waals surface area contributed by atoms with E-state index in [1.165, 1.54) is 0 Å². The first-order valence-corrected chi connectivity index (χ1v) is 3.21. The molecule has 0 spiro atoms. The van der Waals surface area contributed by atoms with E-state index in [1.54, 1.807) is 12.3 Å². The summed E-state index contributed by atoms with van der Waals surface area (Å²) >= 11 is 3.93. The molecular weight excluding hydrogens is 148 g/mol. The van der Waals surface area contributed by atoms with E-state index in [9.17, 15) is 0 Å². The van der Waals surface area contributed by atoms with Gasteiger partial charge in [0.05, 0.1) is 0 Å². The molecule has 0 bridgehead atoms. The van der Waals surface area contributed by atoms with Crippen LogP contribution in [-0.4, -0.2) is 9.97 Å². The number of hydrogen-bond acceptors (Lipinski definition) is 4. The summed E-state index contributed by atoms with van der Waals surface area (Å²) in [6.07, 6.45) is 1.65. The highest BCUT2D eigenvalue weighted by Gasteiger charge is 1.99. The van der Waals surface area contributed by atoms with Crippen molar-refractivity contribution in [1.29, 1.82) is 0 Å². The molecule has 0 amide bonds. The minimum atomic E-state index is 0.355. The van der Waals surface area contributed by atoms with Gasteiger partial charge in [0.25, 0.3) is 5.22 Å². The Morgan fingerprint density at radius 2 is 2.40 bits per heavy atom. The van der Waals surface area contributed by atoms with Crippen LogP contribution in [0.5, 0.6) is 0 Å². The molecule has 0 fully saturated rings.